The summed E-state index contributed by atoms with van der Waals surface area (Å²) in [5.41, 5.74) is 1.27. The number of benzene rings is 1. The van der Waals surface area contributed by atoms with Crippen molar-refractivity contribution in [2.24, 2.45) is 5.92 Å². The summed E-state index contributed by atoms with van der Waals surface area (Å²) < 4.78 is 30.5. The second-order valence-corrected chi connectivity index (χ2v) is 9.24. The quantitative estimate of drug-likeness (QED) is 0.730. The van der Waals surface area contributed by atoms with Gasteiger partial charge in [-0.1, -0.05) is 30.3 Å². The number of rotatable bonds is 7. The second-order valence-electron chi connectivity index (χ2n) is 6.66. The Morgan fingerprint density at radius 3 is 2.76 bits per heavy atom. The van der Waals surface area contributed by atoms with Crippen molar-refractivity contribution in [1.82, 2.24) is 9.78 Å². The zero-order valence-electron chi connectivity index (χ0n) is 14.3. The van der Waals surface area contributed by atoms with E-state index in [-0.39, 0.29) is 17.4 Å². The van der Waals surface area contributed by atoms with Gasteiger partial charge in [0.1, 0.15) is 6.54 Å². The van der Waals surface area contributed by atoms with Gasteiger partial charge in [-0.15, -0.1) is 5.10 Å². The topological polar surface area (TPSA) is 69.5 Å². The van der Waals surface area contributed by atoms with Crippen LogP contribution in [0.25, 0.3) is 0 Å². The Labute approximate surface area is 153 Å². The lowest BCUT2D eigenvalue weighted by molar-refractivity contribution is -0.935. The molecule has 1 aromatic carbocycles. The first-order chi connectivity index (χ1) is 11.9. The van der Waals surface area contributed by atoms with Gasteiger partial charge in [-0.3, -0.25) is 0 Å². The maximum absolute atomic E-state index is 11.6. The molecule has 8 heteroatoms. The second kappa shape index (κ2) is 7.80. The fraction of sp³-hybridized carbons (Fsp3) is 0.529. The monoisotopic (exact) mass is 382 g/mol. The van der Waals surface area contributed by atoms with E-state index in [0.29, 0.717) is 30.2 Å². The van der Waals surface area contributed by atoms with Crippen LogP contribution >= 0.6 is 12.2 Å². The van der Waals surface area contributed by atoms with E-state index in [9.17, 15) is 8.42 Å². The fourth-order valence-corrected chi connectivity index (χ4v) is 5.26. The maximum Gasteiger partial charge on any atom is 0.291 e. The van der Waals surface area contributed by atoms with Crippen LogP contribution in [-0.2, 0) is 29.5 Å². The van der Waals surface area contributed by atoms with Crippen LogP contribution in [0.3, 0.4) is 0 Å². The molecule has 1 aromatic heterocycles. The standard InChI is InChI=1S/C17H23N3O3S2/c1-2-19(11-14-6-4-3-5-7-14)13-20-17(24)23-16(18-20)10-15-8-9-25(21,22)12-15/h3-7,15H,2,8-13H2,1H3/p+1/t15-/m0/s1. The minimum atomic E-state index is -2.88. The first kappa shape index (κ1) is 18.3. The van der Waals surface area contributed by atoms with Gasteiger partial charge in [-0.25, -0.2) is 8.42 Å². The van der Waals surface area contributed by atoms with Gasteiger partial charge in [0.15, 0.2) is 16.5 Å². The predicted octanol–water partition coefficient (Wildman–Crippen LogP) is 1.25. The highest BCUT2D eigenvalue weighted by Crippen LogP contribution is 2.22. The highest BCUT2D eigenvalue weighted by molar-refractivity contribution is 7.91. The summed E-state index contributed by atoms with van der Waals surface area (Å²) in [6, 6.07) is 10.3. The molecule has 1 fully saturated rings. The molecule has 1 N–H and O–H groups in total. The molecule has 1 saturated heterocycles. The number of quaternary nitrogens is 1. The molecule has 2 heterocycles. The van der Waals surface area contributed by atoms with Crippen molar-refractivity contribution in [3.05, 3.63) is 46.6 Å². The molecule has 0 aliphatic carbocycles. The normalized spacial score (nSPS) is 20.6. The summed E-state index contributed by atoms with van der Waals surface area (Å²) in [7, 11) is -2.88. The van der Waals surface area contributed by atoms with Gasteiger partial charge in [0.05, 0.1) is 18.1 Å². The number of hydrogen-bond donors (Lipinski definition) is 1. The minimum Gasteiger partial charge on any atom is -0.414 e. The molecule has 2 aromatic rings. The SMILES string of the molecule is CC[NH+](Cc1ccccc1)Cn1nc(C[C@@H]2CCS(=O)(=O)C2)oc1=S. The van der Waals surface area contributed by atoms with E-state index in [1.54, 1.807) is 4.68 Å². The molecule has 2 atom stereocenters. The zero-order valence-corrected chi connectivity index (χ0v) is 16.0. The van der Waals surface area contributed by atoms with E-state index in [1.807, 2.05) is 18.2 Å². The molecule has 0 bridgehead atoms. The summed E-state index contributed by atoms with van der Waals surface area (Å²) in [5, 5.41) is 4.48. The molecule has 1 unspecified atom stereocenters. The smallest absolute Gasteiger partial charge is 0.291 e. The lowest BCUT2D eigenvalue weighted by Crippen LogP contribution is -3.09. The number of hydrogen-bond acceptors (Lipinski definition) is 5. The van der Waals surface area contributed by atoms with Crippen LogP contribution in [0.1, 0.15) is 24.8 Å². The lowest BCUT2D eigenvalue weighted by atomic mass is 10.1. The van der Waals surface area contributed by atoms with Crippen molar-refractivity contribution in [2.45, 2.75) is 33.0 Å². The molecule has 0 amide bonds. The third kappa shape index (κ3) is 4.99. The van der Waals surface area contributed by atoms with E-state index in [1.165, 1.54) is 10.5 Å². The maximum atomic E-state index is 11.6. The lowest BCUT2D eigenvalue weighted by Gasteiger charge is -2.16. The van der Waals surface area contributed by atoms with E-state index in [0.717, 1.165) is 13.1 Å². The van der Waals surface area contributed by atoms with Crippen molar-refractivity contribution in [3.63, 3.8) is 0 Å². The molecule has 0 radical (unpaired) electrons. The summed E-state index contributed by atoms with van der Waals surface area (Å²) in [4.78, 5) is 1.68. The van der Waals surface area contributed by atoms with E-state index >= 15 is 0 Å². The fourth-order valence-electron chi connectivity index (χ4n) is 3.20. The largest absolute Gasteiger partial charge is 0.414 e. The van der Waals surface area contributed by atoms with E-state index in [2.05, 4.69) is 24.2 Å². The Balaban J connectivity index is 1.64. The van der Waals surface area contributed by atoms with Crippen LogP contribution in [-0.4, -0.2) is 36.2 Å². The molecule has 25 heavy (non-hydrogen) atoms. The van der Waals surface area contributed by atoms with Crippen molar-refractivity contribution in [1.29, 1.82) is 0 Å². The molecule has 0 saturated carbocycles. The molecule has 3 rings (SSSR count). The molecule has 6 nitrogen and oxygen atoms in total. The van der Waals surface area contributed by atoms with Gasteiger partial charge in [0, 0.05) is 12.0 Å². The van der Waals surface area contributed by atoms with E-state index < -0.39 is 9.84 Å². The predicted molar refractivity (Wildman–Crippen MR) is 97.4 cm³/mol. The Bertz CT molecular complexity index is 859. The first-order valence-corrected chi connectivity index (χ1v) is 10.8. The van der Waals surface area contributed by atoms with Gasteiger partial charge in [0.25, 0.3) is 4.84 Å². The first-order valence-electron chi connectivity index (χ1n) is 8.60. The third-order valence-corrected chi connectivity index (χ3v) is 6.74. The van der Waals surface area contributed by atoms with Crippen LogP contribution in [0.4, 0.5) is 0 Å². The number of aromatic nitrogens is 2. The average Bonchev–Trinajstić information content (AvgIpc) is 3.09. The van der Waals surface area contributed by atoms with Crippen molar-refractivity contribution >= 4 is 22.1 Å². The van der Waals surface area contributed by atoms with Crippen molar-refractivity contribution in [3.8, 4) is 0 Å². The summed E-state index contributed by atoms with van der Waals surface area (Å²) >= 11 is 5.29. The Hall–Kier alpha value is -1.51. The molecule has 1 aliphatic rings. The van der Waals surface area contributed by atoms with Gasteiger partial charge in [0.2, 0.25) is 5.89 Å². The molecule has 0 spiro atoms. The van der Waals surface area contributed by atoms with Gasteiger partial charge in [-0.2, -0.15) is 4.68 Å². The summed E-state index contributed by atoms with van der Waals surface area (Å²) in [6.45, 7) is 4.60. The van der Waals surface area contributed by atoms with Gasteiger partial charge < -0.3 is 9.32 Å². The summed E-state index contributed by atoms with van der Waals surface area (Å²) in [5.74, 6) is 1.12. The van der Waals surface area contributed by atoms with Crippen LogP contribution in [0.5, 0.6) is 0 Å². The average molecular weight is 383 g/mol. The third-order valence-electron chi connectivity index (χ3n) is 4.61. The van der Waals surface area contributed by atoms with Crippen LogP contribution in [0.2, 0.25) is 0 Å². The molecular formula is C17H24N3O3S2+. The molecular weight excluding hydrogens is 358 g/mol. The number of sulfone groups is 1. The highest BCUT2D eigenvalue weighted by atomic mass is 32.2. The highest BCUT2D eigenvalue weighted by Gasteiger charge is 2.29. The summed E-state index contributed by atoms with van der Waals surface area (Å²) in [6.07, 6.45) is 1.22. The number of nitrogens with one attached hydrogen (secondary N) is 1. The van der Waals surface area contributed by atoms with Crippen LogP contribution < -0.4 is 4.90 Å². The van der Waals surface area contributed by atoms with Crippen molar-refractivity contribution in [2.75, 3.05) is 18.1 Å². The molecule has 1 aliphatic heterocycles. The van der Waals surface area contributed by atoms with Crippen LogP contribution in [0, 0.1) is 10.8 Å². The Kier molecular flexibility index (Phi) is 5.71. The number of nitrogens with zero attached hydrogens (tertiary/aromatic N) is 2. The van der Waals surface area contributed by atoms with Gasteiger partial charge >= 0.3 is 0 Å². The minimum absolute atomic E-state index is 0.0884. The van der Waals surface area contributed by atoms with Gasteiger partial charge in [-0.05, 0) is 31.5 Å². The van der Waals surface area contributed by atoms with Crippen LogP contribution in [0.15, 0.2) is 34.7 Å². The zero-order chi connectivity index (χ0) is 17.9. The Morgan fingerprint density at radius 2 is 2.12 bits per heavy atom. The molecule has 136 valence electrons. The Morgan fingerprint density at radius 1 is 1.36 bits per heavy atom. The van der Waals surface area contributed by atoms with Crippen molar-refractivity contribution < 1.29 is 17.7 Å². The van der Waals surface area contributed by atoms with E-state index in [4.69, 9.17) is 16.6 Å².